The van der Waals surface area contributed by atoms with E-state index in [1.165, 1.54) is 11.4 Å². The highest BCUT2D eigenvalue weighted by Crippen LogP contribution is 2.07. The van der Waals surface area contributed by atoms with E-state index in [0.29, 0.717) is 6.54 Å². The number of nitriles is 2. The average Bonchev–Trinajstić information content (AvgIpc) is 2.26. The molecule has 0 aliphatic heterocycles. The molecule has 0 saturated heterocycles. The van der Waals surface area contributed by atoms with Crippen molar-refractivity contribution >= 4 is 10.2 Å². The zero-order chi connectivity index (χ0) is 12.6. The molecule has 0 spiro atoms. The molecule has 0 fully saturated rings. The minimum Gasteiger partial charge on any atom is -0.198 e. The Hall–Kier alpha value is -1.15. The lowest BCUT2D eigenvalue weighted by atomic mass is 10.5. The summed E-state index contributed by atoms with van der Waals surface area (Å²) in [6, 6.07) is 3.80. The first kappa shape index (κ1) is 14.8. The smallest absolute Gasteiger partial charge is 0.198 e. The molecule has 0 aromatic carbocycles. The third-order valence-corrected chi connectivity index (χ3v) is 4.15. The molecular weight excluding hydrogens is 228 g/mol. The molecule has 0 heterocycles. The molecule has 16 heavy (non-hydrogen) atoms. The first-order chi connectivity index (χ1) is 7.50. The first-order valence-corrected chi connectivity index (χ1v) is 6.35. The molecule has 0 rings (SSSR count). The van der Waals surface area contributed by atoms with Crippen LogP contribution in [0.2, 0.25) is 0 Å². The second-order valence-corrected chi connectivity index (χ2v) is 5.17. The largest absolute Gasteiger partial charge is 0.281 e. The van der Waals surface area contributed by atoms with Crippen LogP contribution in [-0.4, -0.2) is 43.7 Å². The second-order valence-electron chi connectivity index (χ2n) is 3.14. The van der Waals surface area contributed by atoms with Gasteiger partial charge in [-0.25, -0.2) is 0 Å². The van der Waals surface area contributed by atoms with Crippen molar-refractivity contribution in [3.05, 3.63) is 0 Å². The zero-order valence-electron chi connectivity index (χ0n) is 9.55. The molecule has 6 nitrogen and oxygen atoms in total. The van der Waals surface area contributed by atoms with E-state index in [9.17, 15) is 8.42 Å². The van der Waals surface area contributed by atoms with Crippen LogP contribution in [0.15, 0.2) is 0 Å². The van der Waals surface area contributed by atoms with E-state index in [-0.39, 0.29) is 25.9 Å². The number of hydrogen-bond donors (Lipinski definition) is 0. The summed E-state index contributed by atoms with van der Waals surface area (Å²) in [6.45, 7) is 2.39. The molecule has 0 aliphatic carbocycles. The molecule has 0 aromatic rings. The number of hydrogen-bond acceptors (Lipinski definition) is 4. The van der Waals surface area contributed by atoms with Crippen molar-refractivity contribution in [2.45, 2.75) is 19.8 Å². The fourth-order valence-electron chi connectivity index (χ4n) is 1.13. The fraction of sp³-hybridized carbons (Fsp3) is 0.778. The van der Waals surface area contributed by atoms with Crippen molar-refractivity contribution in [3.8, 4) is 12.1 Å². The Morgan fingerprint density at radius 2 is 1.62 bits per heavy atom. The van der Waals surface area contributed by atoms with Crippen LogP contribution in [0.4, 0.5) is 0 Å². The third-order valence-electron chi connectivity index (χ3n) is 2.08. The van der Waals surface area contributed by atoms with Crippen LogP contribution in [0.1, 0.15) is 19.8 Å². The molecule has 0 atom stereocenters. The Kier molecular flexibility index (Phi) is 6.66. The third kappa shape index (κ3) is 4.15. The van der Waals surface area contributed by atoms with Gasteiger partial charge in [0.1, 0.15) is 0 Å². The topological polar surface area (TPSA) is 88.2 Å². The van der Waals surface area contributed by atoms with E-state index < -0.39 is 10.2 Å². The average molecular weight is 244 g/mol. The Morgan fingerprint density at radius 1 is 1.12 bits per heavy atom. The minimum absolute atomic E-state index is 0.158. The van der Waals surface area contributed by atoms with Gasteiger partial charge < -0.3 is 0 Å². The zero-order valence-corrected chi connectivity index (χ0v) is 10.4. The molecule has 0 N–H and O–H groups in total. The molecule has 0 bridgehead atoms. The molecular formula is C9H16N4O2S. The van der Waals surface area contributed by atoms with Gasteiger partial charge in [-0.2, -0.15) is 27.6 Å². The molecule has 90 valence electrons. The summed E-state index contributed by atoms with van der Waals surface area (Å²) in [6.07, 6.45) is 0.324. The van der Waals surface area contributed by atoms with Gasteiger partial charge in [-0.1, -0.05) is 6.92 Å². The SMILES string of the molecule is CCN(CCC#N)S(=O)(=O)N(C)CCC#N. The van der Waals surface area contributed by atoms with E-state index >= 15 is 0 Å². The van der Waals surface area contributed by atoms with Crippen molar-refractivity contribution in [3.63, 3.8) is 0 Å². The summed E-state index contributed by atoms with van der Waals surface area (Å²) in [4.78, 5) is 0. The van der Waals surface area contributed by atoms with Crippen LogP contribution in [0, 0.1) is 22.7 Å². The van der Waals surface area contributed by atoms with Gasteiger partial charge >= 0.3 is 0 Å². The van der Waals surface area contributed by atoms with Crippen molar-refractivity contribution in [2.24, 2.45) is 0 Å². The van der Waals surface area contributed by atoms with Gasteiger partial charge in [0.2, 0.25) is 0 Å². The lowest BCUT2D eigenvalue weighted by Gasteiger charge is -2.25. The predicted octanol–water partition coefficient (Wildman–Crippen LogP) is 0.312. The molecule has 0 saturated carbocycles. The lowest BCUT2D eigenvalue weighted by Crippen LogP contribution is -2.42. The summed E-state index contributed by atoms with van der Waals surface area (Å²) in [5.74, 6) is 0. The Morgan fingerprint density at radius 3 is 2.06 bits per heavy atom. The van der Waals surface area contributed by atoms with E-state index in [1.54, 1.807) is 6.92 Å². The van der Waals surface area contributed by atoms with Gasteiger partial charge in [0, 0.05) is 39.5 Å². The molecule has 0 aromatic heterocycles. The molecule has 7 heteroatoms. The Bertz CT molecular complexity index is 379. The van der Waals surface area contributed by atoms with Crippen molar-refractivity contribution < 1.29 is 8.42 Å². The van der Waals surface area contributed by atoms with Crippen LogP contribution in [0.25, 0.3) is 0 Å². The van der Waals surface area contributed by atoms with Crippen LogP contribution in [0.3, 0.4) is 0 Å². The standard InChI is InChI=1S/C9H16N4O2S/c1-3-13(9-5-7-11)16(14,15)12(2)8-4-6-10/h3-5,8-9H2,1-2H3. The summed E-state index contributed by atoms with van der Waals surface area (Å²) in [5.41, 5.74) is 0. The highest BCUT2D eigenvalue weighted by molar-refractivity contribution is 7.86. The van der Waals surface area contributed by atoms with E-state index in [1.807, 2.05) is 12.1 Å². The van der Waals surface area contributed by atoms with Gasteiger partial charge in [-0.05, 0) is 0 Å². The normalized spacial score (nSPS) is 11.4. The molecule has 0 unspecified atom stereocenters. The van der Waals surface area contributed by atoms with Gasteiger partial charge in [0.15, 0.2) is 0 Å². The van der Waals surface area contributed by atoms with Crippen LogP contribution in [0.5, 0.6) is 0 Å². The quantitative estimate of drug-likeness (QED) is 0.644. The van der Waals surface area contributed by atoms with Gasteiger partial charge in [0.05, 0.1) is 12.1 Å². The summed E-state index contributed by atoms with van der Waals surface area (Å²) >= 11 is 0. The molecule has 0 radical (unpaired) electrons. The molecule has 0 amide bonds. The maximum absolute atomic E-state index is 11.9. The van der Waals surface area contributed by atoms with Crippen molar-refractivity contribution in [1.29, 1.82) is 10.5 Å². The summed E-state index contributed by atoms with van der Waals surface area (Å²) in [7, 11) is -2.10. The number of rotatable bonds is 7. The van der Waals surface area contributed by atoms with Crippen LogP contribution >= 0.6 is 0 Å². The van der Waals surface area contributed by atoms with E-state index in [4.69, 9.17) is 10.5 Å². The first-order valence-electron chi connectivity index (χ1n) is 4.96. The van der Waals surface area contributed by atoms with Crippen molar-refractivity contribution in [1.82, 2.24) is 8.61 Å². The van der Waals surface area contributed by atoms with Crippen LogP contribution < -0.4 is 0 Å². The van der Waals surface area contributed by atoms with Gasteiger partial charge in [-0.3, -0.25) is 0 Å². The highest BCUT2D eigenvalue weighted by atomic mass is 32.2. The highest BCUT2D eigenvalue weighted by Gasteiger charge is 2.24. The monoisotopic (exact) mass is 244 g/mol. The maximum atomic E-state index is 11.9. The van der Waals surface area contributed by atoms with E-state index in [2.05, 4.69) is 0 Å². The van der Waals surface area contributed by atoms with Crippen molar-refractivity contribution in [2.75, 3.05) is 26.7 Å². The second kappa shape index (κ2) is 7.18. The van der Waals surface area contributed by atoms with Gasteiger partial charge in [-0.15, -0.1) is 0 Å². The summed E-state index contributed by atoms with van der Waals surface area (Å²) < 4.78 is 26.2. The molecule has 0 aliphatic rings. The van der Waals surface area contributed by atoms with Gasteiger partial charge in [0.25, 0.3) is 10.2 Å². The predicted molar refractivity (Wildman–Crippen MR) is 59.3 cm³/mol. The Labute approximate surface area is 96.9 Å². The fourth-order valence-corrected chi connectivity index (χ4v) is 2.50. The summed E-state index contributed by atoms with van der Waals surface area (Å²) in [5, 5.41) is 16.8. The number of nitrogens with zero attached hydrogens (tertiary/aromatic N) is 4. The van der Waals surface area contributed by atoms with E-state index in [0.717, 1.165) is 4.31 Å². The van der Waals surface area contributed by atoms with Crippen LogP contribution in [-0.2, 0) is 10.2 Å². The minimum atomic E-state index is -3.53. The Balaban J connectivity index is 4.61. The maximum Gasteiger partial charge on any atom is 0.281 e. The lowest BCUT2D eigenvalue weighted by molar-refractivity contribution is 0.374.